The highest BCUT2D eigenvalue weighted by Crippen LogP contribution is 2.17. The highest BCUT2D eigenvalue weighted by molar-refractivity contribution is 5.29. The summed E-state index contributed by atoms with van der Waals surface area (Å²) in [6.07, 6.45) is 1.25. The van der Waals surface area contributed by atoms with Crippen molar-refractivity contribution in [1.82, 2.24) is 10.6 Å². The summed E-state index contributed by atoms with van der Waals surface area (Å²) in [5.74, 6) is -0.0351. The molecule has 2 N–H and O–H groups in total. The molecule has 0 saturated carbocycles. The van der Waals surface area contributed by atoms with Gasteiger partial charge in [-0.05, 0) is 30.7 Å². The molecule has 0 radical (unpaired) electrons. The van der Waals surface area contributed by atoms with Crippen molar-refractivity contribution < 1.29 is 13.9 Å². The van der Waals surface area contributed by atoms with Crippen LogP contribution >= 0.6 is 0 Å². The van der Waals surface area contributed by atoms with Crippen LogP contribution in [0.3, 0.4) is 0 Å². The molecule has 0 aliphatic carbocycles. The van der Waals surface area contributed by atoms with Crippen molar-refractivity contribution >= 4 is 0 Å². The van der Waals surface area contributed by atoms with Gasteiger partial charge in [-0.15, -0.1) is 0 Å². The smallest absolute Gasteiger partial charge is 0.165 e. The molecular weight excluding hydrogens is 247 g/mol. The van der Waals surface area contributed by atoms with Crippen molar-refractivity contribution in [3.63, 3.8) is 0 Å². The van der Waals surface area contributed by atoms with E-state index in [1.54, 1.807) is 6.07 Å². The number of nitrogens with one attached hydrogen (secondary N) is 2. The first-order valence-electron chi connectivity index (χ1n) is 6.65. The summed E-state index contributed by atoms with van der Waals surface area (Å²) in [5, 5.41) is 6.60. The standard InChI is InChI=1S/C14H21FN2O2/c1-18-14-3-2-11(8-13(14)15)9-16-5-4-12-10-17-6-7-19-12/h2-3,8,12,16-17H,4-7,9-10H2,1H3. The third-order valence-corrected chi connectivity index (χ3v) is 3.19. The van der Waals surface area contributed by atoms with Gasteiger partial charge in [-0.2, -0.15) is 0 Å². The van der Waals surface area contributed by atoms with Crippen LogP contribution in [0.25, 0.3) is 0 Å². The fourth-order valence-corrected chi connectivity index (χ4v) is 2.12. The second kappa shape index (κ2) is 7.43. The van der Waals surface area contributed by atoms with Gasteiger partial charge in [-0.25, -0.2) is 4.39 Å². The van der Waals surface area contributed by atoms with E-state index in [1.807, 2.05) is 6.07 Å². The van der Waals surface area contributed by atoms with Crippen LogP contribution < -0.4 is 15.4 Å². The van der Waals surface area contributed by atoms with Gasteiger partial charge in [-0.1, -0.05) is 6.07 Å². The lowest BCUT2D eigenvalue weighted by molar-refractivity contribution is 0.0238. The zero-order valence-corrected chi connectivity index (χ0v) is 11.2. The van der Waals surface area contributed by atoms with E-state index in [0.717, 1.165) is 38.2 Å². The molecule has 1 aromatic rings. The van der Waals surface area contributed by atoms with E-state index in [9.17, 15) is 4.39 Å². The van der Waals surface area contributed by atoms with E-state index >= 15 is 0 Å². The van der Waals surface area contributed by atoms with E-state index < -0.39 is 0 Å². The minimum absolute atomic E-state index is 0.283. The van der Waals surface area contributed by atoms with Crippen LogP contribution in [0.1, 0.15) is 12.0 Å². The molecule has 106 valence electrons. The van der Waals surface area contributed by atoms with Gasteiger partial charge in [0.1, 0.15) is 0 Å². The first kappa shape index (κ1) is 14.2. The molecule has 2 rings (SSSR count). The SMILES string of the molecule is COc1ccc(CNCCC2CNCCO2)cc1F. The Balaban J connectivity index is 1.69. The summed E-state index contributed by atoms with van der Waals surface area (Å²) in [5.41, 5.74) is 0.918. The van der Waals surface area contributed by atoms with Gasteiger partial charge in [0.25, 0.3) is 0 Å². The fourth-order valence-electron chi connectivity index (χ4n) is 2.12. The summed E-state index contributed by atoms with van der Waals surface area (Å²) in [4.78, 5) is 0. The van der Waals surface area contributed by atoms with Crippen molar-refractivity contribution in [1.29, 1.82) is 0 Å². The predicted molar refractivity (Wildman–Crippen MR) is 71.9 cm³/mol. The van der Waals surface area contributed by atoms with E-state index in [0.29, 0.717) is 6.54 Å². The Morgan fingerprint density at radius 2 is 2.42 bits per heavy atom. The monoisotopic (exact) mass is 268 g/mol. The molecule has 1 saturated heterocycles. The van der Waals surface area contributed by atoms with Crippen LogP contribution in [0.4, 0.5) is 4.39 Å². The van der Waals surface area contributed by atoms with Crippen LogP contribution in [0, 0.1) is 5.82 Å². The molecule has 1 aromatic carbocycles. The second-order valence-electron chi connectivity index (χ2n) is 4.63. The molecule has 1 aliphatic heterocycles. The first-order valence-corrected chi connectivity index (χ1v) is 6.65. The largest absolute Gasteiger partial charge is 0.494 e. The Bertz CT molecular complexity index is 395. The lowest BCUT2D eigenvalue weighted by atomic mass is 10.2. The van der Waals surface area contributed by atoms with Crippen molar-refractivity contribution in [2.75, 3.05) is 33.4 Å². The highest BCUT2D eigenvalue weighted by Gasteiger charge is 2.12. The highest BCUT2D eigenvalue weighted by atomic mass is 19.1. The number of ether oxygens (including phenoxy) is 2. The molecule has 0 spiro atoms. The van der Waals surface area contributed by atoms with Crippen LogP contribution in [-0.4, -0.2) is 39.5 Å². The molecule has 19 heavy (non-hydrogen) atoms. The maximum atomic E-state index is 13.5. The summed E-state index contributed by atoms with van der Waals surface area (Å²) in [6.45, 7) is 4.16. The van der Waals surface area contributed by atoms with E-state index in [4.69, 9.17) is 9.47 Å². The Hall–Kier alpha value is -1.17. The van der Waals surface area contributed by atoms with E-state index in [-0.39, 0.29) is 17.7 Å². The molecule has 1 unspecified atom stereocenters. The van der Waals surface area contributed by atoms with Gasteiger partial charge in [-0.3, -0.25) is 0 Å². The van der Waals surface area contributed by atoms with Crippen LogP contribution in [0.5, 0.6) is 5.75 Å². The normalized spacial score (nSPS) is 19.4. The van der Waals surface area contributed by atoms with Gasteiger partial charge >= 0.3 is 0 Å². The quantitative estimate of drug-likeness (QED) is 0.763. The Morgan fingerprint density at radius 1 is 1.53 bits per heavy atom. The van der Waals surface area contributed by atoms with Gasteiger partial charge < -0.3 is 20.1 Å². The molecule has 4 nitrogen and oxygen atoms in total. The molecule has 0 bridgehead atoms. The molecule has 1 atom stereocenters. The second-order valence-corrected chi connectivity index (χ2v) is 4.63. The number of rotatable bonds is 6. The molecule has 1 fully saturated rings. The van der Waals surface area contributed by atoms with Crippen LogP contribution in [0.15, 0.2) is 18.2 Å². The van der Waals surface area contributed by atoms with Crippen molar-refractivity contribution in [3.8, 4) is 5.75 Å². The number of halogens is 1. The summed E-state index contributed by atoms with van der Waals surface area (Å²) in [7, 11) is 1.47. The molecule has 1 aliphatic rings. The topological polar surface area (TPSA) is 42.5 Å². The van der Waals surface area contributed by atoms with Gasteiger partial charge in [0, 0.05) is 19.6 Å². The third-order valence-electron chi connectivity index (χ3n) is 3.19. The first-order chi connectivity index (χ1) is 9.29. The van der Waals surface area contributed by atoms with E-state index in [2.05, 4.69) is 10.6 Å². The molecule has 1 heterocycles. The molecule has 0 amide bonds. The van der Waals surface area contributed by atoms with Crippen LogP contribution in [0.2, 0.25) is 0 Å². The Kier molecular flexibility index (Phi) is 5.57. The van der Waals surface area contributed by atoms with Gasteiger partial charge in [0.15, 0.2) is 11.6 Å². The maximum Gasteiger partial charge on any atom is 0.165 e. The zero-order chi connectivity index (χ0) is 13.5. The number of morpholine rings is 1. The zero-order valence-electron chi connectivity index (χ0n) is 11.2. The fraction of sp³-hybridized carbons (Fsp3) is 0.571. The predicted octanol–water partition coefficient (Wildman–Crippen LogP) is 1.30. The molecular formula is C14H21FN2O2. The summed E-state index contributed by atoms with van der Waals surface area (Å²) >= 11 is 0. The maximum absolute atomic E-state index is 13.5. The van der Waals surface area contributed by atoms with Gasteiger partial charge in [0.2, 0.25) is 0 Å². The molecule has 5 heteroatoms. The van der Waals surface area contributed by atoms with Crippen LogP contribution in [-0.2, 0) is 11.3 Å². The third kappa shape index (κ3) is 4.45. The van der Waals surface area contributed by atoms with Gasteiger partial charge in [0.05, 0.1) is 19.8 Å². The van der Waals surface area contributed by atoms with Crippen molar-refractivity contribution in [2.24, 2.45) is 0 Å². The number of benzene rings is 1. The lowest BCUT2D eigenvalue weighted by Gasteiger charge is -2.23. The van der Waals surface area contributed by atoms with Crippen molar-refractivity contribution in [3.05, 3.63) is 29.6 Å². The Labute approximate surface area is 113 Å². The molecule has 0 aromatic heterocycles. The van der Waals surface area contributed by atoms with E-state index in [1.165, 1.54) is 13.2 Å². The minimum Gasteiger partial charge on any atom is -0.494 e. The summed E-state index contributed by atoms with van der Waals surface area (Å²) < 4.78 is 24.0. The number of methoxy groups -OCH3 is 1. The minimum atomic E-state index is -0.318. The lowest BCUT2D eigenvalue weighted by Crippen LogP contribution is -2.39. The Morgan fingerprint density at radius 3 is 3.11 bits per heavy atom. The average Bonchev–Trinajstić information content (AvgIpc) is 2.45. The van der Waals surface area contributed by atoms with Crippen molar-refractivity contribution in [2.45, 2.75) is 19.1 Å². The average molecular weight is 268 g/mol. The summed E-state index contributed by atoms with van der Waals surface area (Å²) in [6, 6.07) is 5.03. The number of hydrogen-bond donors (Lipinski definition) is 2. The number of hydrogen-bond acceptors (Lipinski definition) is 4.